The summed E-state index contributed by atoms with van der Waals surface area (Å²) in [7, 11) is 0. The highest BCUT2D eigenvalue weighted by atomic mass is 35.5. The van der Waals surface area contributed by atoms with E-state index in [1.165, 1.54) is 4.68 Å². The van der Waals surface area contributed by atoms with E-state index in [9.17, 15) is 13.2 Å². The van der Waals surface area contributed by atoms with Crippen LogP contribution in [-0.4, -0.2) is 9.78 Å². The van der Waals surface area contributed by atoms with E-state index in [-0.39, 0.29) is 10.8 Å². The number of rotatable bonds is 3. The monoisotopic (exact) mass is 288 g/mol. The molecule has 0 aliphatic rings. The fraction of sp³-hybridized carbons (Fsp3) is 0.308. The molecule has 2 nitrogen and oxygen atoms in total. The zero-order chi connectivity index (χ0) is 14.2. The van der Waals surface area contributed by atoms with E-state index in [1.54, 1.807) is 6.07 Å². The molecule has 0 fully saturated rings. The van der Waals surface area contributed by atoms with Crippen LogP contribution >= 0.6 is 11.6 Å². The van der Waals surface area contributed by atoms with Gasteiger partial charge in [-0.25, -0.2) is 17.9 Å². The van der Waals surface area contributed by atoms with Gasteiger partial charge < -0.3 is 0 Å². The van der Waals surface area contributed by atoms with Gasteiger partial charge in [-0.15, -0.1) is 0 Å². The second-order valence-corrected chi connectivity index (χ2v) is 5.08. The highest BCUT2D eigenvalue weighted by Gasteiger charge is 2.15. The molecule has 0 amide bonds. The van der Waals surface area contributed by atoms with Gasteiger partial charge in [0.05, 0.1) is 11.4 Å². The van der Waals surface area contributed by atoms with Crippen molar-refractivity contribution >= 4 is 11.6 Å². The van der Waals surface area contributed by atoms with Gasteiger partial charge in [-0.05, 0) is 18.4 Å². The van der Waals surface area contributed by atoms with Crippen LogP contribution in [0.3, 0.4) is 0 Å². The SMILES string of the molecule is CC(C)Cc1cc(Cl)n(-c2cc(F)c(F)c(F)c2)n1. The fourth-order valence-electron chi connectivity index (χ4n) is 1.77. The van der Waals surface area contributed by atoms with E-state index in [2.05, 4.69) is 5.10 Å². The Morgan fingerprint density at radius 3 is 2.26 bits per heavy atom. The van der Waals surface area contributed by atoms with Crippen molar-refractivity contribution in [2.75, 3.05) is 0 Å². The molecule has 0 aliphatic heterocycles. The third kappa shape index (κ3) is 2.92. The number of aromatic nitrogens is 2. The molecule has 6 heteroatoms. The average Bonchev–Trinajstić information content (AvgIpc) is 2.65. The average molecular weight is 289 g/mol. The molecule has 19 heavy (non-hydrogen) atoms. The number of hydrogen-bond acceptors (Lipinski definition) is 1. The Balaban J connectivity index is 2.44. The molecule has 0 radical (unpaired) electrons. The summed E-state index contributed by atoms with van der Waals surface area (Å²) in [6.07, 6.45) is 0.693. The molecule has 1 aromatic carbocycles. The standard InChI is InChI=1S/C13H12ClF3N2/c1-7(2)3-8-4-12(14)19(18-8)9-5-10(15)13(17)11(16)6-9/h4-7H,3H2,1-2H3. The maximum Gasteiger partial charge on any atom is 0.194 e. The van der Waals surface area contributed by atoms with Gasteiger partial charge in [0.25, 0.3) is 0 Å². The van der Waals surface area contributed by atoms with Crippen molar-refractivity contribution in [3.63, 3.8) is 0 Å². The number of nitrogens with zero attached hydrogens (tertiary/aromatic N) is 2. The molecular weight excluding hydrogens is 277 g/mol. The topological polar surface area (TPSA) is 17.8 Å². The smallest absolute Gasteiger partial charge is 0.194 e. The first-order chi connectivity index (χ1) is 8.88. The summed E-state index contributed by atoms with van der Waals surface area (Å²) in [5, 5.41) is 4.38. The Labute approximate surface area is 113 Å². The summed E-state index contributed by atoms with van der Waals surface area (Å²) in [6, 6.07) is 3.34. The Kier molecular flexibility index (Phi) is 3.85. The van der Waals surface area contributed by atoms with Crippen molar-refractivity contribution in [3.05, 3.63) is 46.5 Å². The lowest BCUT2D eigenvalue weighted by Gasteiger charge is -2.05. The molecule has 0 atom stereocenters. The minimum Gasteiger partial charge on any atom is -0.222 e. The molecule has 0 saturated heterocycles. The zero-order valence-electron chi connectivity index (χ0n) is 10.4. The van der Waals surface area contributed by atoms with E-state index in [0.717, 1.165) is 12.1 Å². The van der Waals surface area contributed by atoms with Crippen molar-refractivity contribution in [1.82, 2.24) is 9.78 Å². The van der Waals surface area contributed by atoms with E-state index < -0.39 is 17.5 Å². The molecular formula is C13H12ClF3N2. The summed E-state index contributed by atoms with van der Waals surface area (Å²) in [4.78, 5) is 0. The van der Waals surface area contributed by atoms with Crippen molar-refractivity contribution in [2.45, 2.75) is 20.3 Å². The van der Waals surface area contributed by atoms with Crippen molar-refractivity contribution in [2.24, 2.45) is 5.92 Å². The van der Waals surface area contributed by atoms with Gasteiger partial charge in [-0.3, -0.25) is 0 Å². The number of hydrogen-bond donors (Lipinski definition) is 0. The van der Waals surface area contributed by atoms with Crippen LogP contribution in [0.5, 0.6) is 0 Å². The lowest BCUT2D eigenvalue weighted by atomic mass is 10.1. The Hall–Kier alpha value is -1.49. The van der Waals surface area contributed by atoms with Crippen molar-refractivity contribution in [3.8, 4) is 5.69 Å². The molecule has 1 heterocycles. The summed E-state index contributed by atoms with van der Waals surface area (Å²) >= 11 is 5.97. The van der Waals surface area contributed by atoms with Crippen LogP contribution in [0.15, 0.2) is 18.2 Å². The third-order valence-electron chi connectivity index (χ3n) is 2.55. The number of halogens is 4. The first kappa shape index (κ1) is 13.9. The molecule has 0 bridgehead atoms. The molecule has 102 valence electrons. The van der Waals surface area contributed by atoms with Crippen LogP contribution in [0.2, 0.25) is 5.15 Å². The number of benzene rings is 1. The molecule has 0 spiro atoms. The third-order valence-corrected chi connectivity index (χ3v) is 2.82. The van der Waals surface area contributed by atoms with Gasteiger partial charge in [-0.1, -0.05) is 25.4 Å². The summed E-state index contributed by atoms with van der Waals surface area (Å²) in [5.41, 5.74) is 0.765. The first-order valence-electron chi connectivity index (χ1n) is 5.78. The highest BCUT2D eigenvalue weighted by molar-refractivity contribution is 6.29. The van der Waals surface area contributed by atoms with Crippen LogP contribution in [0.1, 0.15) is 19.5 Å². The zero-order valence-corrected chi connectivity index (χ0v) is 11.2. The molecule has 0 N–H and O–H groups in total. The minimum atomic E-state index is -1.51. The highest BCUT2D eigenvalue weighted by Crippen LogP contribution is 2.22. The van der Waals surface area contributed by atoms with Gasteiger partial charge >= 0.3 is 0 Å². The van der Waals surface area contributed by atoms with Crippen LogP contribution in [-0.2, 0) is 6.42 Å². The van der Waals surface area contributed by atoms with Gasteiger partial charge in [0.2, 0.25) is 0 Å². The van der Waals surface area contributed by atoms with Crippen molar-refractivity contribution in [1.29, 1.82) is 0 Å². The molecule has 0 saturated carbocycles. The van der Waals surface area contributed by atoms with E-state index in [4.69, 9.17) is 11.6 Å². The van der Waals surface area contributed by atoms with E-state index in [0.29, 0.717) is 18.0 Å². The van der Waals surface area contributed by atoms with Crippen LogP contribution in [0.25, 0.3) is 5.69 Å². The second-order valence-electron chi connectivity index (χ2n) is 4.69. The maximum atomic E-state index is 13.2. The summed E-state index contributed by atoms with van der Waals surface area (Å²) < 4.78 is 40.4. The molecule has 2 aromatic rings. The lowest BCUT2D eigenvalue weighted by Crippen LogP contribution is -2.02. The van der Waals surface area contributed by atoms with Crippen LogP contribution in [0, 0.1) is 23.4 Å². The van der Waals surface area contributed by atoms with Crippen LogP contribution in [0.4, 0.5) is 13.2 Å². The summed E-state index contributed by atoms with van der Waals surface area (Å²) in [5.74, 6) is -3.67. The quantitative estimate of drug-likeness (QED) is 0.776. The Morgan fingerprint density at radius 2 is 1.74 bits per heavy atom. The van der Waals surface area contributed by atoms with Gasteiger partial charge in [-0.2, -0.15) is 5.10 Å². The molecule has 0 unspecified atom stereocenters. The van der Waals surface area contributed by atoms with Gasteiger partial charge in [0.1, 0.15) is 5.15 Å². The Bertz CT molecular complexity index is 585. The van der Waals surface area contributed by atoms with Gasteiger partial charge in [0, 0.05) is 12.1 Å². The molecule has 0 aliphatic carbocycles. The predicted octanol–water partition coefficient (Wildman–Crippen LogP) is 4.14. The van der Waals surface area contributed by atoms with Crippen molar-refractivity contribution < 1.29 is 13.2 Å². The largest absolute Gasteiger partial charge is 0.222 e. The van der Waals surface area contributed by atoms with E-state index >= 15 is 0 Å². The summed E-state index contributed by atoms with van der Waals surface area (Å²) in [6.45, 7) is 4.04. The maximum absolute atomic E-state index is 13.2. The minimum absolute atomic E-state index is 0.0522. The lowest BCUT2D eigenvalue weighted by molar-refractivity contribution is 0.446. The first-order valence-corrected chi connectivity index (χ1v) is 6.15. The van der Waals surface area contributed by atoms with E-state index in [1.807, 2.05) is 13.8 Å². The molecule has 1 aromatic heterocycles. The normalized spacial score (nSPS) is 11.3. The molecule has 2 rings (SSSR count). The Morgan fingerprint density at radius 1 is 1.16 bits per heavy atom. The van der Waals surface area contributed by atoms with Crippen LogP contribution < -0.4 is 0 Å². The van der Waals surface area contributed by atoms with Gasteiger partial charge in [0.15, 0.2) is 17.5 Å². The fourth-order valence-corrected chi connectivity index (χ4v) is 2.03. The predicted molar refractivity (Wildman–Crippen MR) is 67.0 cm³/mol. The second kappa shape index (κ2) is 5.25.